The standard InChI is InChI=1S/C20H19FN2O2/c1-14(13-25-18-9-7-17(21)8-10-18)23-19(24)12-16-5-2-4-15-6-3-11-22-20(15)16/h2-11,14H,12-13H2,1H3,(H,23,24). The Kier molecular flexibility index (Phi) is 5.23. The minimum absolute atomic E-state index is 0.0895. The molecule has 0 bridgehead atoms. The maximum absolute atomic E-state index is 12.9. The lowest BCUT2D eigenvalue weighted by Gasteiger charge is -2.15. The third-order valence-corrected chi connectivity index (χ3v) is 3.79. The zero-order valence-corrected chi connectivity index (χ0v) is 13.9. The number of nitrogens with one attached hydrogen (secondary N) is 1. The molecule has 0 aliphatic rings. The number of benzene rings is 2. The SMILES string of the molecule is CC(COc1ccc(F)cc1)NC(=O)Cc1cccc2cccnc12. The molecule has 1 N–H and O–H groups in total. The molecule has 1 aromatic heterocycles. The highest BCUT2D eigenvalue weighted by Crippen LogP contribution is 2.16. The van der Waals surface area contributed by atoms with Crippen molar-refractivity contribution in [3.8, 4) is 5.75 Å². The van der Waals surface area contributed by atoms with Gasteiger partial charge in [-0.15, -0.1) is 0 Å². The number of hydrogen-bond acceptors (Lipinski definition) is 3. The number of pyridine rings is 1. The van der Waals surface area contributed by atoms with Crippen LogP contribution in [0, 0.1) is 5.82 Å². The highest BCUT2D eigenvalue weighted by molar-refractivity contribution is 5.87. The smallest absolute Gasteiger partial charge is 0.224 e. The summed E-state index contributed by atoms with van der Waals surface area (Å²) in [5.74, 6) is 0.173. The first-order chi connectivity index (χ1) is 12.1. The molecule has 4 nitrogen and oxygen atoms in total. The molecule has 3 rings (SSSR count). The molecule has 0 spiro atoms. The molecule has 0 aliphatic carbocycles. The van der Waals surface area contributed by atoms with Crippen molar-refractivity contribution in [3.63, 3.8) is 0 Å². The first kappa shape index (κ1) is 16.9. The number of nitrogens with zero attached hydrogens (tertiary/aromatic N) is 1. The molecule has 2 aromatic carbocycles. The van der Waals surface area contributed by atoms with Gasteiger partial charge in [0.15, 0.2) is 0 Å². The van der Waals surface area contributed by atoms with Crippen LogP contribution in [-0.4, -0.2) is 23.5 Å². The van der Waals surface area contributed by atoms with Gasteiger partial charge in [-0.2, -0.15) is 0 Å². The molecule has 0 fully saturated rings. The van der Waals surface area contributed by atoms with Crippen molar-refractivity contribution in [2.75, 3.05) is 6.61 Å². The van der Waals surface area contributed by atoms with E-state index in [1.54, 1.807) is 18.3 Å². The molecule has 1 amide bonds. The molecule has 0 radical (unpaired) electrons. The topological polar surface area (TPSA) is 51.2 Å². The minimum Gasteiger partial charge on any atom is -0.491 e. The second-order valence-corrected chi connectivity index (χ2v) is 5.90. The molecule has 1 heterocycles. The number of aromatic nitrogens is 1. The zero-order chi connectivity index (χ0) is 17.6. The minimum atomic E-state index is -0.308. The van der Waals surface area contributed by atoms with E-state index in [1.165, 1.54) is 12.1 Å². The van der Waals surface area contributed by atoms with E-state index in [4.69, 9.17) is 4.74 Å². The van der Waals surface area contributed by atoms with E-state index in [0.717, 1.165) is 16.5 Å². The number of amides is 1. The van der Waals surface area contributed by atoms with Gasteiger partial charge in [0.25, 0.3) is 0 Å². The van der Waals surface area contributed by atoms with E-state index in [1.807, 2.05) is 37.3 Å². The van der Waals surface area contributed by atoms with Gasteiger partial charge in [-0.25, -0.2) is 4.39 Å². The molecular weight excluding hydrogens is 319 g/mol. The number of para-hydroxylation sites is 1. The van der Waals surface area contributed by atoms with Crippen molar-refractivity contribution in [2.24, 2.45) is 0 Å². The Labute approximate surface area is 145 Å². The summed E-state index contributed by atoms with van der Waals surface area (Å²) < 4.78 is 18.4. The number of ether oxygens (including phenoxy) is 1. The lowest BCUT2D eigenvalue weighted by molar-refractivity contribution is -0.121. The first-order valence-corrected chi connectivity index (χ1v) is 8.12. The van der Waals surface area contributed by atoms with Crippen LogP contribution in [0.15, 0.2) is 60.8 Å². The number of carbonyl (C=O) groups is 1. The summed E-state index contributed by atoms with van der Waals surface area (Å²) in [6.07, 6.45) is 1.98. The predicted molar refractivity (Wildman–Crippen MR) is 94.9 cm³/mol. The van der Waals surface area contributed by atoms with Gasteiger partial charge in [-0.05, 0) is 42.8 Å². The van der Waals surface area contributed by atoms with Gasteiger partial charge in [0.1, 0.15) is 18.2 Å². The van der Waals surface area contributed by atoms with Crippen LogP contribution in [0.4, 0.5) is 4.39 Å². The largest absolute Gasteiger partial charge is 0.491 e. The van der Waals surface area contributed by atoms with Crippen molar-refractivity contribution in [1.29, 1.82) is 0 Å². The monoisotopic (exact) mass is 338 g/mol. The summed E-state index contributed by atoms with van der Waals surface area (Å²) in [4.78, 5) is 16.6. The number of hydrogen-bond donors (Lipinski definition) is 1. The molecule has 0 saturated heterocycles. The summed E-state index contributed by atoms with van der Waals surface area (Å²) >= 11 is 0. The average molecular weight is 338 g/mol. The van der Waals surface area contributed by atoms with Gasteiger partial charge in [0, 0.05) is 11.6 Å². The molecule has 0 saturated carbocycles. The summed E-state index contributed by atoms with van der Waals surface area (Å²) in [5, 5.41) is 3.92. The van der Waals surface area contributed by atoms with Crippen LogP contribution in [0.2, 0.25) is 0 Å². The molecule has 1 atom stereocenters. The summed E-state index contributed by atoms with van der Waals surface area (Å²) in [7, 11) is 0. The van der Waals surface area contributed by atoms with E-state index in [-0.39, 0.29) is 24.2 Å². The Morgan fingerprint density at radius 3 is 2.72 bits per heavy atom. The van der Waals surface area contributed by atoms with Crippen molar-refractivity contribution in [2.45, 2.75) is 19.4 Å². The Balaban J connectivity index is 1.55. The molecule has 25 heavy (non-hydrogen) atoms. The lowest BCUT2D eigenvalue weighted by atomic mass is 10.1. The third-order valence-electron chi connectivity index (χ3n) is 3.79. The fourth-order valence-corrected chi connectivity index (χ4v) is 2.60. The van der Waals surface area contributed by atoms with Crippen molar-refractivity contribution < 1.29 is 13.9 Å². The van der Waals surface area contributed by atoms with Crippen LogP contribution < -0.4 is 10.1 Å². The number of rotatable bonds is 6. The number of carbonyl (C=O) groups excluding carboxylic acids is 1. The summed E-state index contributed by atoms with van der Waals surface area (Å²) in [6.45, 7) is 2.17. The van der Waals surface area contributed by atoms with E-state index in [9.17, 15) is 9.18 Å². The van der Waals surface area contributed by atoms with E-state index in [2.05, 4.69) is 10.3 Å². The molecule has 5 heteroatoms. The highest BCUT2D eigenvalue weighted by atomic mass is 19.1. The molecule has 3 aromatic rings. The Morgan fingerprint density at radius 2 is 1.92 bits per heavy atom. The molecule has 0 aliphatic heterocycles. The number of halogens is 1. The Hall–Kier alpha value is -2.95. The van der Waals surface area contributed by atoms with Crippen LogP contribution in [-0.2, 0) is 11.2 Å². The van der Waals surface area contributed by atoms with Gasteiger partial charge in [-0.3, -0.25) is 9.78 Å². The first-order valence-electron chi connectivity index (χ1n) is 8.12. The van der Waals surface area contributed by atoms with E-state index >= 15 is 0 Å². The normalized spacial score (nSPS) is 11.9. The summed E-state index contributed by atoms with van der Waals surface area (Å²) in [6, 6.07) is 15.3. The lowest BCUT2D eigenvalue weighted by Crippen LogP contribution is -2.37. The van der Waals surface area contributed by atoms with Crippen LogP contribution in [0.25, 0.3) is 10.9 Å². The van der Waals surface area contributed by atoms with Crippen LogP contribution in [0.5, 0.6) is 5.75 Å². The number of fused-ring (bicyclic) bond motifs is 1. The van der Waals surface area contributed by atoms with Gasteiger partial charge in [-0.1, -0.05) is 24.3 Å². The van der Waals surface area contributed by atoms with Gasteiger partial charge in [0.05, 0.1) is 18.0 Å². The molecule has 1 unspecified atom stereocenters. The maximum atomic E-state index is 12.9. The third kappa shape index (κ3) is 4.53. The van der Waals surface area contributed by atoms with Crippen molar-refractivity contribution >= 4 is 16.8 Å². The van der Waals surface area contributed by atoms with Crippen LogP contribution >= 0.6 is 0 Å². The predicted octanol–water partition coefficient (Wildman–Crippen LogP) is 3.50. The van der Waals surface area contributed by atoms with Crippen molar-refractivity contribution in [3.05, 3.63) is 72.2 Å². The Morgan fingerprint density at radius 1 is 1.16 bits per heavy atom. The second kappa shape index (κ2) is 7.75. The maximum Gasteiger partial charge on any atom is 0.224 e. The fraction of sp³-hybridized carbons (Fsp3) is 0.200. The van der Waals surface area contributed by atoms with Crippen LogP contribution in [0.3, 0.4) is 0 Å². The van der Waals surface area contributed by atoms with E-state index < -0.39 is 0 Å². The van der Waals surface area contributed by atoms with Gasteiger partial charge in [0.2, 0.25) is 5.91 Å². The fourth-order valence-electron chi connectivity index (χ4n) is 2.60. The van der Waals surface area contributed by atoms with Crippen molar-refractivity contribution in [1.82, 2.24) is 10.3 Å². The van der Waals surface area contributed by atoms with Crippen LogP contribution in [0.1, 0.15) is 12.5 Å². The second-order valence-electron chi connectivity index (χ2n) is 5.90. The molecule has 128 valence electrons. The van der Waals surface area contributed by atoms with Gasteiger partial charge >= 0.3 is 0 Å². The molecular formula is C20H19FN2O2. The zero-order valence-electron chi connectivity index (χ0n) is 13.9. The quantitative estimate of drug-likeness (QED) is 0.748. The average Bonchev–Trinajstić information content (AvgIpc) is 2.61. The van der Waals surface area contributed by atoms with E-state index in [0.29, 0.717) is 12.4 Å². The van der Waals surface area contributed by atoms with Gasteiger partial charge < -0.3 is 10.1 Å². The summed E-state index contributed by atoms with van der Waals surface area (Å²) in [5.41, 5.74) is 1.73. The highest BCUT2D eigenvalue weighted by Gasteiger charge is 2.11. The Bertz CT molecular complexity index is 860.